The third kappa shape index (κ3) is 5.43. The number of esters is 1. The monoisotopic (exact) mass is 491 g/mol. The number of hydrogen-bond donors (Lipinski definition) is 1. The molecule has 0 spiro atoms. The molecule has 2 aliphatic heterocycles. The lowest BCUT2D eigenvalue weighted by molar-refractivity contribution is -0.136. The van der Waals surface area contributed by atoms with Gasteiger partial charge in [0, 0.05) is 11.7 Å². The van der Waals surface area contributed by atoms with Gasteiger partial charge in [-0.2, -0.15) is 0 Å². The largest absolute Gasteiger partial charge is 0.466 e. The minimum absolute atomic E-state index is 0.0338. The number of hydrogen-bond acceptors (Lipinski definition) is 7. The Hall–Kier alpha value is -3.52. The molecular formula is C27H29N3O4S. The van der Waals surface area contributed by atoms with Crippen molar-refractivity contribution in [1.29, 1.82) is 0 Å². The van der Waals surface area contributed by atoms with E-state index in [2.05, 4.69) is 5.32 Å². The summed E-state index contributed by atoms with van der Waals surface area (Å²) in [7, 11) is 1.37. The Bertz CT molecular complexity index is 1200. The summed E-state index contributed by atoms with van der Waals surface area (Å²) in [6.45, 7) is 5.82. The molecule has 0 fully saturated rings. The topological polar surface area (TPSA) is 80.2 Å². The lowest BCUT2D eigenvalue weighted by Crippen LogP contribution is -2.38. The number of nitrogens with one attached hydrogen (secondary N) is 1. The Balaban J connectivity index is 1.76. The van der Waals surface area contributed by atoms with E-state index >= 15 is 0 Å². The van der Waals surface area contributed by atoms with Gasteiger partial charge in [-0.05, 0) is 55.5 Å². The van der Waals surface area contributed by atoms with Gasteiger partial charge < -0.3 is 19.7 Å². The van der Waals surface area contributed by atoms with Gasteiger partial charge in [0.05, 0.1) is 30.8 Å². The number of para-hydroxylation sites is 1. The molecule has 1 atom stereocenters. The van der Waals surface area contributed by atoms with Crippen molar-refractivity contribution in [2.75, 3.05) is 7.11 Å². The Morgan fingerprint density at radius 3 is 2.54 bits per heavy atom. The van der Waals surface area contributed by atoms with E-state index in [0.29, 0.717) is 23.4 Å². The van der Waals surface area contributed by atoms with Crippen LogP contribution in [0.4, 0.5) is 0 Å². The molecule has 0 radical (unpaired) electrons. The van der Waals surface area contributed by atoms with Gasteiger partial charge in [0.2, 0.25) is 5.91 Å². The van der Waals surface area contributed by atoms with Crippen LogP contribution in [0.3, 0.4) is 0 Å². The zero-order chi connectivity index (χ0) is 24.9. The van der Waals surface area contributed by atoms with E-state index in [1.807, 2.05) is 85.7 Å². The highest BCUT2D eigenvalue weighted by Crippen LogP contribution is 2.46. The van der Waals surface area contributed by atoms with Gasteiger partial charge in [-0.15, -0.1) is 0 Å². The van der Waals surface area contributed by atoms with E-state index < -0.39 is 12.0 Å². The highest BCUT2D eigenvalue weighted by Gasteiger charge is 2.41. The first kappa shape index (κ1) is 24.6. The number of rotatable bonds is 8. The minimum Gasteiger partial charge on any atom is -0.466 e. The molecule has 0 unspecified atom stereocenters. The van der Waals surface area contributed by atoms with Crippen LogP contribution in [0.2, 0.25) is 0 Å². The van der Waals surface area contributed by atoms with Gasteiger partial charge in [0.25, 0.3) is 0 Å². The van der Waals surface area contributed by atoms with Crippen molar-refractivity contribution in [3.63, 3.8) is 0 Å². The Morgan fingerprint density at radius 2 is 1.86 bits per heavy atom. The molecule has 0 aromatic heterocycles. The number of allylic oxidation sites excluding steroid dienone is 1. The number of nitrogens with zero attached hydrogens (tertiary/aromatic N) is 2. The lowest BCUT2D eigenvalue weighted by Gasteiger charge is -2.36. The number of carbonyl (C=O) groups is 2. The smallest absolute Gasteiger partial charge is 0.338 e. The zero-order valence-corrected chi connectivity index (χ0v) is 21.1. The van der Waals surface area contributed by atoms with Crippen molar-refractivity contribution in [1.82, 2.24) is 10.2 Å². The summed E-state index contributed by atoms with van der Waals surface area (Å²) in [4.78, 5) is 32.4. The standard InChI is InChI=1S/C27H29N3O4S/c1-5-22-24(26(32)33-4)25(18-10-9-13-21(14-18)34-20-11-7-6-8-12-20)30-19(16-35-27(30)29-22)15-23(31)28-17(2)3/h6-14,16-17,25H,5,15H2,1-4H3,(H,28,31)/t25-/m0/s1. The van der Waals surface area contributed by atoms with E-state index in [0.717, 1.165) is 22.2 Å². The van der Waals surface area contributed by atoms with Crippen LogP contribution < -0.4 is 10.1 Å². The molecular weight excluding hydrogens is 462 g/mol. The summed E-state index contributed by atoms with van der Waals surface area (Å²) in [5, 5.41) is 5.61. The molecule has 2 aromatic rings. The maximum absolute atomic E-state index is 13.0. The second-order valence-corrected chi connectivity index (χ2v) is 9.32. The summed E-state index contributed by atoms with van der Waals surface area (Å²) in [6.07, 6.45) is 0.749. The van der Waals surface area contributed by atoms with Crippen molar-refractivity contribution in [3.05, 3.63) is 82.5 Å². The molecule has 4 rings (SSSR count). The van der Waals surface area contributed by atoms with E-state index in [1.165, 1.54) is 18.9 Å². The molecule has 1 N–H and O–H groups in total. The molecule has 182 valence electrons. The number of thioether (sulfide) groups is 1. The number of benzene rings is 2. The molecule has 2 aliphatic rings. The van der Waals surface area contributed by atoms with E-state index in [9.17, 15) is 9.59 Å². The minimum atomic E-state index is -0.502. The second kappa shape index (κ2) is 10.8. The first-order chi connectivity index (χ1) is 16.9. The van der Waals surface area contributed by atoms with Gasteiger partial charge in [-0.3, -0.25) is 4.79 Å². The Kier molecular flexibility index (Phi) is 7.60. The quantitative estimate of drug-likeness (QED) is 0.489. The molecule has 35 heavy (non-hydrogen) atoms. The average molecular weight is 492 g/mol. The predicted octanol–water partition coefficient (Wildman–Crippen LogP) is 5.53. The first-order valence-corrected chi connectivity index (χ1v) is 12.5. The highest BCUT2D eigenvalue weighted by atomic mass is 32.2. The van der Waals surface area contributed by atoms with Crippen molar-refractivity contribution in [3.8, 4) is 11.5 Å². The van der Waals surface area contributed by atoms with Crippen molar-refractivity contribution in [2.45, 2.75) is 45.7 Å². The highest BCUT2D eigenvalue weighted by molar-refractivity contribution is 8.16. The fourth-order valence-electron chi connectivity index (χ4n) is 4.14. The third-order valence-electron chi connectivity index (χ3n) is 5.57. The number of fused-ring (bicyclic) bond motifs is 1. The summed E-state index contributed by atoms with van der Waals surface area (Å²) in [6, 6.07) is 16.7. The maximum Gasteiger partial charge on any atom is 0.338 e. The van der Waals surface area contributed by atoms with Crippen LogP contribution in [-0.4, -0.2) is 35.1 Å². The molecule has 0 aliphatic carbocycles. The number of amides is 1. The molecule has 0 saturated carbocycles. The van der Waals surface area contributed by atoms with Crippen molar-refractivity contribution < 1.29 is 19.1 Å². The summed E-state index contributed by atoms with van der Waals surface area (Å²) < 4.78 is 11.3. The van der Waals surface area contributed by atoms with Crippen LogP contribution in [-0.2, 0) is 14.3 Å². The Labute approximate surface area is 209 Å². The number of amidine groups is 1. The van der Waals surface area contributed by atoms with Crippen LogP contribution >= 0.6 is 11.8 Å². The Morgan fingerprint density at radius 1 is 1.11 bits per heavy atom. The number of methoxy groups -OCH3 is 1. The summed E-state index contributed by atoms with van der Waals surface area (Å²) in [5.41, 5.74) is 2.77. The fourth-order valence-corrected chi connectivity index (χ4v) is 5.08. The third-order valence-corrected chi connectivity index (χ3v) is 6.46. The van der Waals surface area contributed by atoms with Crippen LogP contribution in [0.15, 0.2) is 82.0 Å². The molecule has 0 saturated heterocycles. The summed E-state index contributed by atoms with van der Waals surface area (Å²) in [5.74, 6) is 0.843. The van der Waals surface area contributed by atoms with Crippen molar-refractivity contribution in [2.24, 2.45) is 4.99 Å². The van der Waals surface area contributed by atoms with Crippen molar-refractivity contribution >= 4 is 28.8 Å². The molecule has 2 aromatic carbocycles. The zero-order valence-electron chi connectivity index (χ0n) is 20.3. The molecule has 8 heteroatoms. The fraction of sp³-hybridized carbons (Fsp3) is 0.296. The summed E-state index contributed by atoms with van der Waals surface area (Å²) >= 11 is 1.46. The van der Waals surface area contributed by atoms with E-state index in [1.54, 1.807) is 0 Å². The second-order valence-electron chi connectivity index (χ2n) is 8.49. The first-order valence-electron chi connectivity index (χ1n) is 11.6. The van der Waals surface area contributed by atoms with Gasteiger partial charge in [0.15, 0.2) is 5.17 Å². The van der Waals surface area contributed by atoms with E-state index in [-0.39, 0.29) is 18.4 Å². The van der Waals surface area contributed by atoms with Crippen LogP contribution in [0.25, 0.3) is 0 Å². The van der Waals surface area contributed by atoms with Crippen LogP contribution in [0.1, 0.15) is 45.2 Å². The predicted molar refractivity (Wildman–Crippen MR) is 138 cm³/mol. The number of ether oxygens (including phenoxy) is 2. The lowest BCUT2D eigenvalue weighted by atomic mass is 9.92. The van der Waals surface area contributed by atoms with E-state index in [4.69, 9.17) is 14.5 Å². The molecule has 0 bridgehead atoms. The molecule has 1 amide bonds. The van der Waals surface area contributed by atoms with Gasteiger partial charge >= 0.3 is 5.97 Å². The number of carbonyl (C=O) groups excluding carboxylic acids is 2. The molecule has 2 heterocycles. The SMILES string of the molecule is CCC1=C(C(=O)OC)[C@H](c2cccc(Oc3ccccc3)c2)N2C(CC(=O)NC(C)C)=CSC2=N1. The normalized spacial score (nSPS) is 17.1. The van der Waals surface area contributed by atoms with Gasteiger partial charge in [0.1, 0.15) is 11.5 Å². The van der Waals surface area contributed by atoms with Crippen LogP contribution in [0, 0.1) is 0 Å². The number of aliphatic imine (C=N–C) groups is 1. The average Bonchev–Trinajstić information content (AvgIpc) is 3.24. The van der Waals surface area contributed by atoms with Gasteiger partial charge in [-0.25, -0.2) is 9.79 Å². The van der Waals surface area contributed by atoms with Crippen LogP contribution in [0.5, 0.6) is 11.5 Å². The molecule has 7 nitrogen and oxygen atoms in total. The maximum atomic E-state index is 13.0. The van der Waals surface area contributed by atoms with Gasteiger partial charge in [-0.1, -0.05) is 49.0 Å².